The first-order valence-corrected chi connectivity index (χ1v) is 10.4. The fourth-order valence-electron chi connectivity index (χ4n) is 3.38. The van der Waals surface area contributed by atoms with Gasteiger partial charge in [-0.25, -0.2) is 9.67 Å². The first-order chi connectivity index (χ1) is 14.1. The lowest BCUT2D eigenvalue weighted by Crippen LogP contribution is -2.12. The number of rotatable bonds is 6. The molecule has 5 nitrogen and oxygen atoms in total. The molecule has 0 bridgehead atoms. The number of hydrogen-bond acceptors (Lipinski definition) is 4. The lowest BCUT2D eigenvalue weighted by molar-refractivity contribution is -0.116. The van der Waals surface area contributed by atoms with Gasteiger partial charge >= 0.3 is 0 Å². The zero-order valence-corrected chi connectivity index (χ0v) is 17.2. The highest BCUT2D eigenvalue weighted by atomic mass is 32.1. The van der Waals surface area contributed by atoms with E-state index in [9.17, 15) is 4.79 Å². The van der Waals surface area contributed by atoms with Crippen LogP contribution in [0.4, 0.5) is 5.69 Å². The van der Waals surface area contributed by atoms with E-state index in [1.54, 1.807) is 17.5 Å². The molecule has 0 aliphatic heterocycles. The second-order valence-electron chi connectivity index (χ2n) is 6.86. The van der Waals surface area contributed by atoms with Crippen molar-refractivity contribution < 1.29 is 4.79 Å². The molecule has 0 saturated heterocycles. The van der Waals surface area contributed by atoms with Crippen molar-refractivity contribution in [1.82, 2.24) is 14.8 Å². The molecular weight excluding hydrogens is 380 g/mol. The molecule has 146 valence electrons. The van der Waals surface area contributed by atoms with Crippen LogP contribution in [0.3, 0.4) is 0 Å². The van der Waals surface area contributed by atoms with Crippen molar-refractivity contribution >= 4 is 22.9 Å². The molecule has 6 heteroatoms. The molecule has 0 radical (unpaired) electrons. The minimum atomic E-state index is -0.00161. The Kier molecular flexibility index (Phi) is 5.53. The van der Waals surface area contributed by atoms with Crippen molar-refractivity contribution in [2.24, 2.45) is 0 Å². The molecule has 4 rings (SSSR count). The van der Waals surface area contributed by atoms with E-state index in [4.69, 9.17) is 0 Å². The number of amides is 1. The van der Waals surface area contributed by atoms with Crippen molar-refractivity contribution in [1.29, 1.82) is 0 Å². The summed E-state index contributed by atoms with van der Waals surface area (Å²) in [5.74, 6) is -0.00161. The molecular formula is C23H22N4OS. The molecule has 0 atom stereocenters. The molecule has 0 fully saturated rings. The Bertz CT molecular complexity index is 1100. The maximum atomic E-state index is 12.5. The van der Waals surface area contributed by atoms with Gasteiger partial charge in [-0.1, -0.05) is 18.2 Å². The van der Waals surface area contributed by atoms with Crippen LogP contribution in [-0.2, 0) is 11.2 Å². The fraction of sp³-hybridized carbons (Fsp3) is 0.174. The summed E-state index contributed by atoms with van der Waals surface area (Å²) in [6, 6.07) is 17.8. The van der Waals surface area contributed by atoms with Gasteiger partial charge < -0.3 is 5.32 Å². The Balaban J connectivity index is 1.39. The Morgan fingerprint density at radius 2 is 1.83 bits per heavy atom. The highest BCUT2D eigenvalue weighted by Gasteiger charge is 2.14. The molecule has 1 amide bonds. The second kappa shape index (κ2) is 8.41. The number of aromatic nitrogens is 3. The van der Waals surface area contributed by atoms with Crippen LogP contribution >= 0.6 is 11.3 Å². The highest BCUT2D eigenvalue weighted by Crippen LogP contribution is 2.24. The van der Waals surface area contributed by atoms with Crippen molar-refractivity contribution in [3.63, 3.8) is 0 Å². The molecule has 2 aromatic heterocycles. The number of hydrogen-bond donors (Lipinski definition) is 1. The van der Waals surface area contributed by atoms with Gasteiger partial charge in [0, 0.05) is 34.9 Å². The van der Waals surface area contributed by atoms with Gasteiger partial charge in [0.2, 0.25) is 5.91 Å². The van der Waals surface area contributed by atoms with Crippen LogP contribution in [-0.4, -0.2) is 20.7 Å². The van der Waals surface area contributed by atoms with Crippen molar-refractivity contribution in [3.8, 4) is 16.3 Å². The molecule has 0 aliphatic carbocycles. The molecule has 0 unspecified atom stereocenters. The average molecular weight is 403 g/mol. The Morgan fingerprint density at radius 3 is 2.52 bits per heavy atom. The van der Waals surface area contributed by atoms with E-state index in [-0.39, 0.29) is 5.91 Å². The molecule has 1 N–H and O–H groups in total. The molecule has 4 aromatic rings. The topological polar surface area (TPSA) is 59.8 Å². The van der Waals surface area contributed by atoms with Gasteiger partial charge in [-0.3, -0.25) is 4.79 Å². The maximum Gasteiger partial charge on any atom is 0.224 e. The largest absolute Gasteiger partial charge is 0.326 e. The summed E-state index contributed by atoms with van der Waals surface area (Å²) in [4.78, 5) is 16.8. The van der Waals surface area contributed by atoms with Gasteiger partial charge in [0.1, 0.15) is 5.01 Å². The average Bonchev–Trinajstić information content (AvgIpc) is 3.37. The van der Waals surface area contributed by atoms with Gasteiger partial charge in [-0.05, 0) is 62.2 Å². The van der Waals surface area contributed by atoms with Gasteiger partial charge in [0.15, 0.2) is 0 Å². The number of nitrogens with one attached hydrogen (secondary N) is 1. The van der Waals surface area contributed by atoms with Gasteiger partial charge in [0.05, 0.1) is 11.4 Å². The van der Waals surface area contributed by atoms with Gasteiger partial charge in [0.25, 0.3) is 0 Å². The van der Waals surface area contributed by atoms with Crippen molar-refractivity contribution in [2.75, 3.05) is 5.32 Å². The third-order valence-electron chi connectivity index (χ3n) is 4.89. The zero-order chi connectivity index (χ0) is 20.2. The predicted octanol–water partition coefficient (Wildman–Crippen LogP) is 5.18. The van der Waals surface area contributed by atoms with Gasteiger partial charge in [-0.15, -0.1) is 11.3 Å². The third kappa shape index (κ3) is 4.27. The SMILES string of the molecule is Cc1nn(-c2ccccc2)c(C)c1CCC(=O)Nc1ccc(-c2nccs2)cc1. The normalized spacial score (nSPS) is 10.8. The van der Waals surface area contributed by atoms with Crippen LogP contribution in [0.25, 0.3) is 16.3 Å². The van der Waals surface area contributed by atoms with Crippen LogP contribution in [0.5, 0.6) is 0 Å². The predicted molar refractivity (Wildman–Crippen MR) is 118 cm³/mol. The van der Waals surface area contributed by atoms with Crippen LogP contribution in [0.15, 0.2) is 66.2 Å². The number of carbonyl (C=O) groups excluding carboxylic acids is 1. The van der Waals surface area contributed by atoms with Gasteiger partial charge in [-0.2, -0.15) is 5.10 Å². The Morgan fingerprint density at radius 1 is 1.07 bits per heavy atom. The molecule has 2 heterocycles. The summed E-state index contributed by atoms with van der Waals surface area (Å²) in [6.07, 6.45) is 2.86. The lowest BCUT2D eigenvalue weighted by atomic mass is 10.1. The number of nitrogens with zero attached hydrogens (tertiary/aromatic N) is 3. The molecule has 0 saturated carbocycles. The Labute approximate surface area is 174 Å². The first kappa shape index (κ1) is 19.1. The number of anilines is 1. The van der Waals surface area contributed by atoms with E-state index in [1.165, 1.54) is 0 Å². The van der Waals surface area contributed by atoms with Crippen molar-refractivity contribution in [2.45, 2.75) is 26.7 Å². The highest BCUT2D eigenvalue weighted by molar-refractivity contribution is 7.13. The first-order valence-electron chi connectivity index (χ1n) is 9.52. The minimum Gasteiger partial charge on any atom is -0.326 e. The van der Waals surface area contributed by atoms with E-state index in [0.29, 0.717) is 12.8 Å². The lowest BCUT2D eigenvalue weighted by Gasteiger charge is -2.07. The third-order valence-corrected chi connectivity index (χ3v) is 5.71. The summed E-state index contributed by atoms with van der Waals surface area (Å²) in [6.45, 7) is 4.05. The quantitative estimate of drug-likeness (QED) is 0.483. The monoisotopic (exact) mass is 402 g/mol. The molecule has 0 aliphatic rings. The van der Waals surface area contributed by atoms with E-state index < -0.39 is 0 Å². The van der Waals surface area contributed by atoms with E-state index >= 15 is 0 Å². The smallest absolute Gasteiger partial charge is 0.224 e. The van der Waals surface area contributed by atoms with Crippen LogP contribution in [0.2, 0.25) is 0 Å². The van der Waals surface area contributed by atoms with Crippen LogP contribution < -0.4 is 5.32 Å². The number of carbonyl (C=O) groups is 1. The number of para-hydroxylation sites is 1. The fourth-order valence-corrected chi connectivity index (χ4v) is 4.03. The Hall–Kier alpha value is -3.25. The van der Waals surface area contributed by atoms with Crippen LogP contribution in [0, 0.1) is 13.8 Å². The number of thiazole rings is 1. The van der Waals surface area contributed by atoms with E-state index in [0.717, 1.165) is 38.9 Å². The number of aryl methyl sites for hydroxylation is 1. The summed E-state index contributed by atoms with van der Waals surface area (Å²) >= 11 is 1.60. The summed E-state index contributed by atoms with van der Waals surface area (Å²) in [7, 11) is 0. The number of benzene rings is 2. The maximum absolute atomic E-state index is 12.5. The molecule has 29 heavy (non-hydrogen) atoms. The summed E-state index contributed by atoms with van der Waals surface area (Å²) in [5.41, 5.74) is 6.05. The zero-order valence-electron chi connectivity index (χ0n) is 16.4. The van der Waals surface area contributed by atoms with Crippen molar-refractivity contribution in [3.05, 3.63) is 83.1 Å². The van der Waals surface area contributed by atoms with E-state index in [1.807, 2.05) is 71.6 Å². The van der Waals surface area contributed by atoms with Crippen LogP contribution in [0.1, 0.15) is 23.4 Å². The summed E-state index contributed by atoms with van der Waals surface area (Å²) in [5, 5.41) is 10.6. The standard InChI is InChI=1S/C23H22N4OS/c1-16-21(17(2)27(26-16)20-6-4-3-5-7-20)12-13-22(28)25-19-10-8-18(9-11-19)23-24-14-15-29-23/h3-11,14-15H,12-13H2,1-2H3,(H,25,28). The second-order valence-corrected chi connectivity index (χ2v) is 7.75. The molecule has 2 aromatic carbocycles. The molecule has 0 spiro atoms. The van der Waals surface area contributed by atoms with E-state index in [2.05, 4.69) is 22.3 Å². The minimum absolute atomic E-state index is 0.00161. The summed E-state index contributed by atoms with van der Waals surface area (Å²) < 4.78 is 1.94.